The van der Waals surface area contributed by atoms with Gasteiger partial charge in [-0.05, 0) is 28.1 Å². The number of imidazole rings is 1. The number of hydrogen-bond acceptors (Lipinski definition) is 4. The first-order valence-electron chi connectivity index (χ1n) is 5.05. The summed E-state index contributed by atoms with van der Waals surface area (Å²) in [5.41, 5.74) is 1.78. The van der Waals surface area contributed by atoms with E-state index in [4.69, 9.17) is 0 Å². The monoisotopic (exact) mass is 292 g/mol. The van der Waals surface area contributed by atoms with Crippen molar-refractivity contribution in [1.29, 1.82) is 0 Å². The van der Waals surface area contributed by atoms with E-state index in [1.165, 1.54) is 0 Å². The van der Waals surface area contributed by atoms with E-state index in [1.807, 2.05) is 18.3 Å². The van der Waals surface area contributed by atoms with Crippen molar-refractivity contribution >= 4 is 27.5 Å². The van der Waals surface area contributed by atoms with Crippen LogP contribution >= 0.6 is 15.9 Å². The van der Waals surface area contributed by atoms with Gasteiger partial charge in [-0.2, -0.15) is 4.98 Å². The van der Waals surface area contributed by atoms with Crippen LogP contribution in [0.25, 0.3) is 5.65 Å². The number of hydrogen-bond donors (Lipinski definition) is 2. The number of rotatable bonds is 3. The Balaban J connectivity index is 1.84. The summed E-state index contributed by atoms with van der Waals surface area (Å²) in [4.78, 5) is 11.3. The molecule has 0 radical (unpaired) electrons. The summed E-state index contributed by atoms with van der Waals surface area (Å²) >= 11 is 3.43. The standard InChI is InChI=1S/C10H9BrN6/c11-8-2-1-3-17-9(8)15-10(16-17)13-5-7-4-12-6-14-7/h1-4,6H,5H2,(H,12,14)(H,13,16). The Labute approximate surface area is 105 Å². The van der Waals surface area contributed by atoms with E-state index in [9.17, 15) is 0 Å². The van der Waals surface area contributed by atoms with Gasteiger partial charge in [-0.1, -0.05) is 0 Å². The van der Waals surface area contributed by atoms with Gasteiger partial charge < -0.3 is 10.3 Å². The molecule has 0 aliphatic carbocycles. The molecule has 0 fully saturated rings. The van der Waals surface area contributed by atoms with Crippen LogP contribution in [-0.2, 0) is 6.54 Å². The summed E-state index contributed by atoms with van der Waals surface area (Å²) in [5.74, 6) is 0.589. The molecule has 6 nitrogen and oxygen atoms in total. The van der Waals surface area contributed by atoms with Gasteiger partial charge in [-0.25, -0.2) is 9.50 Å². The minimum Gasteiger partial charge on any atom is -0.347 e. The maximum absolute atomic E-state index is 4.37. The molecule has 86 valence electrons. The van der Waals surface area contributed by atoms with Crippen molar-refractivity contribution in [2.45, 2.75) is 6.54 Å². The van der Waals surface area contributed by atoms with Crippen LogP contribution in [0.1, 0.15) is 5.69 Å². The third kappa shape index (κ3) is 2.01. The molecule has 0 saturated carbocycles. The molecule has 3 aromatic heterocycles. The van der Waals surface area contributed by atoms with Gasteiger partial charge in [0.05, 0.1) is 23.0 Å². The molecule has 0 aromatic carbocycles. The van der Waals surface area contributed by atoms with Gasteiger partial charge in [0.2, 0.25) is 5.95 Å². The summed E-state index contributed by atoms with van der Waals surface area (Å²) in [5, 5.41) is 7.43. The predicted octanol–water partition coefficient (Wildman–Crippen LogP) is 1.83. The van der Waals surface area contributed by atoms with E-state index in [-0.39, 0.29) is 0 Å². The first kappa shape index (κ1) is 10.3. The van der Waals surface area contributed by atoms with Gasteiger partial charge in [-0.15, -0.1) is 5.10 Å². The number of fused-ring (bicyclic) bond motifs is 1. The quantitative estimate of drug-likeness (QED) is 0.773. The number of aromatic nitrogens is 5. The van der Waals surface area contributed by atoms with E-state index >= 15 is 0 Å². The largest absolute Gasteiger partial charge is 0.347 e. The molecule has 3 aromatic rings. The summed E-state index contributed by atoms with van der Waals surface area (Å²) < 4.78 is 2.64. The minimum atomic E-state index is 0.589. The summed E-state index contributed by atoms with van der Waals surface area (Å²) in [7, 11) is 0. The lowest BCUT2D eigenvalue weighted by atomic mass is 10.5. The van der Waals surface area contributed by atoms with Crippen molar-refractivity contribution in [3.05, 3.63) is 41.0 Å². The third-order valence-electron chi connectivity index (χ3n) is 2.31. The molecule has 0 amide bonds. The zero-order valence-electron chi connectivity index (χ0n) is 8.76. The average Bonchev–Trinajstić information content (AvgIpc) is 2.95. The Kier molecular flexibility index (Phi) is 2.52. The third-order valence-corrected chi connectivity index (χ3v) is 2.93. The average molecular weight is 293 g/mol. The van der Waals surface area contributed by atoms with Gasteiger partial charge in [0.15, 0.2) is 5.65 Å². The number of anilines is 1. The summed E-state index contributed by atoms with van der Waals surface area (Å²) in [6.45, 7) is 0.620. The molecule has 0 spiro atoms. The SMILES string of the molecule is Brc1cccn2nc(NCc3cnc[nH]3)nc12. The van der Waals surface area contributed by atoms with Crippen LogP contribution in [0.5, 0.6) is 0 Å². The molecule has 2 N–H and O–H groups in total. The molecule has 7 heteroatoms. The molecule has 0 aliphatic heterocycles. The van der Waals surface area contributed by atoms with Gasteiger partial charge in [0, 0.05) is 12.4 Å². The van der Waals surface area contributed by atoms with E-state index in [1.54, 1.807) is 17.0 Å². The smallest absolute Gasteiger partial charge is 0.243 e. The predicted molar refractivity (Wildman–Crippen MR) is 66.6 cm³/mol. The second-order valence-corrected chi connectivity index (χ2v) is 4.34. The number of halogens is 1. The fraction of sp³-hybridized carbons (Fsp3) is 0.100. The molecule has 3 rings (SSSR count). The lowest BCUT2D eigenvalue weighted by Crippen LogP contribution is -2.01. The molecule has 0 bridgehead atoms. The molecule has 0 saturated heterocycles. The molecular formula is C10H9BrN6. The number of pyridine rings is 1. The Hall–Kier alpha value is -1.89. The van der Waals surface area contributed by atoms with Crippen LogP contribution in [0.4, 0.5) is 5.95 Å². The maximum Gasteiger partial charge on any atom is 0.243 e. The highest BCUT2D eigenvalue weighted by molar-refractivity contribution is 9.10. The number of nitrogens with one attached hydrogen (secondary N) is 2. The van der Waals surface area contributed by atoms with Crippen molar-refractivity contribution in [2.24, 2.45) is 0 Å². The van der Waals surface area contributed by atoms with Crippen LogP contribution in [0.2, 0.25) is 0 Å². The van der Waals surface area contributed by atoms with Crippen LogP contribution in [0.15, 0.2) is 35.3 Å². The van der Waals surface area contributed by atoms with Crippen molar-refractivity contribution in [2.75, 3.05) is 5.32 Å². The highest BCUT2D eigenvalue weighted by Gasteiger charge is 2.05. The highest BCUT2D eigenvalue weighted by atomic mass is 79.9. The Morgan fingerprint density at radius 2 is 2.41 bits per heavy atom. The normalized spacial score (nSPS) is 10.9. The van der Waals surface area contributed by atoms with E-state index < -0.39 is 0 Å². The van der Waals surface area contributed by atoms with Gasteiger partial charge >= 0.3 is 0 Å². The first-order valence-corrected chi connectivity index (χ1v) is 5.84. The van der Waals surface area contributed by atoms with Gasteiger partial charge in [-0.3, -0.25) is 0 Å². The topological polar surface area (TPSA) is 70.9 Å². The van der Waals surface area contributed by atoms with Crippen LogP contribution in [-0.4, -0.2) is 24.6 Å². The fourth-order valence-electron chi connectivity index (χ4n) is 1.50. The number of nitrogens with zero attached hydrogens (tertiary/aromatic N) is 4. The van der Waals surface area contributed by atoms with Gasteiger partial charge in [0.25, 0.3) is 0 Å². The minimum absolute atomic E-state index is 0.589. The maximum atomic E-state index is 4.37. The lowest BCUT2D eigenvalue weighted by Gasteiger charge is -1.96. The molecule has 3 heterocycles. The van der Waals surface area contributed by atoms with Crippen LogP contribution < -0.4 is 5.32 Å². The van der Waals surface area contributed by atoms with E-state index in [0.29, 0.717) is 12.5 Å². The molecule has 0 unspecified atom stereocenters. The molecule has 17 heavy (non-hydrogen) atoms. The second kappa shape index (κ2) is 4.17. The van der Waals surface area contributed by atoms with Gasteiger partial charge in [0.1, 0.15) is 0 Å². The van der Waals surface area contributed by atoms with Crippen LogP contribution in [0, 0.1) is 0 Å². The Bertz CT molecular complexity index is 629. The zero-order chi connectivity index (χ0) is 11.7. The summed E-state index contributed by atoms with van der Waals surface area (Å²) in [6.07, 6.45) is 5.26. The number of H-pyrrole nitrogens is 1. The molecular weight excluding hydrogens is 284 g/mol. The van der Waals surface area contributed by atoms with Crippen LogP contribution in [0.3, 0.4) is 0 Å². The highest BCUT2D eigenvalue weighted by Crippen LogP contribution is 2.16. The van der Waals surface area contributed by atoms with Crippen molar-refractivity contribution in [1.82, 2.24) is 24.6 Å². The first-order chi connectivity index (χ1) is 8.33. The Morgan fingerprint density at radius 1 is 1.47 bits per heavy atom. The molecule has 0 aliphatic rings. The van der Waals surface area contributed by atoms with E-state index in [2.05, 4.69) is 41.3 Å². The zero-order valence-corrected chi connectivity index (χ0v) is 10.3. The van der Waals surface area contributed by atoms with E-state index in [0.717, 1.165) is 15.8 Å². The number of aromatic amines is 1. The van der Waals surface area contributed by atoms with Crippen molar-refractivity contribution < 1.29 is 0 Å². The van der Waals surface area contributed by atoms with Crippen molar-refractivity contribution in [3.63, 3.8) is 0 Å². The molecule has 0 atom stereocenters. The summed E-state index contributed by atoms with van der Waals surface area (Å²) in [6, 6.07) is 3.84. The Morgan fingerprint density at radius 3 is 3.18 bits per heavy atom. The fourth-order valence-corrected chi connectivity index (χ4v) is 1.93. The lowest BCUT2D eigenvalue weighted by molar-refractivity contribution is 0.943. The van der Waals surface area contributed by atoms with Crippen molar-refractivity contribution in [3.8, 4) is 0 Å². The second-order valence-electron chi connectivity index (χ2n) is 3.49.